The summed E-state index contributed by atoms with van der Waals surface area (Å²) >= 11 is 5.97. The zero-order chi connectivity index (χ0) is 16.9. The van der Waals surface area contributed by atoms with Crippen LogP contribution in [0.1, 0.15) is 32.4 Å². The molecular formula is C15H22ClNO5. The SMILES string of the molecule is COc1ccc(C(O)C(O)CNC(=O)OC(C)(C)C)cc1Cl. The Labute approximate surface area is 135 Å². The van der Waals surface area contributed by atoms with Crippen LogP contribution >= 0.6 is 11.6 Å². The molecule has 124 valence electrons. The highest BCUT2D eigenvalue weighted by molar-refractivity contribution is 6.32. The quantitative estimate of drug-likeness (QED) is 0.770. The van der Waals surface area contributed by atoms with E-state index in [0.29, 0.717) is 16.3 Å². The molecule has 0 bridgehead atoms. The number of benzene rings is 1. The summed E-state index contributed by atoms with van der Waals surface area (Å²) in [4.78, 5) is 11.5. The Balaban J connectivity index is 2.60. The lowest BCUT2D eigenvalue weighted by molar-refractivity contribution is 0.0129. The van der Waals surface area contributed by atoms with Crippen LogP contribution in [-0.2, 0) is 4.74 Å². The van der Waals surface area contributed by atoms with E-state index >= 15 is 0 Å². The molecule has 3 N–H and O–H groups in total. The van der Waals surface area contributed by atoms with Crippen molar-refractivity contribution in [3.63, 3.8) is 0 Å². The van der Waals surface area contributed by atoms with E-state index in [9.17, 15) is 15.0 Å². The monoisotopic (exact) mass is 331 g/mol. The number of hydrogen-bond donors (Lipinski definition) is 3. The van der Waals surface area contributed by atoms with Crippen molar-refractivity contribution < 1.29 is 24.5 Å². The standard InChI is InChI=1S/C15H22ClNO5/c1-15(2,3)22-14(20)17-8-11(18)13(19)9-5-6-12(21-4)10(16)7-9/h5-7,11,13,18-19H,8H2,1-4H3,(H,17,20). The summed E-state index contributed by atoms with van der Waals surface area (Å²) in [6.07, 6.45) is -3.05. The number of aliphatic hydroxyl groups excluding tert-OH is 2. The molecule has 0 aromatic heterocycles. The number of aliphatic hydroxyl groups is 2. The maximum atomic E-state index is 11.5. The van der Waals surface area contributed by atoms with Crippen LogP contribution in [0.5, 0.6) is 5.75 Å². The van der Waals surface area contributed by atoms with Crippen LogP contribution in [0.4, 0.5) is 4.79 Å². The van der Waals surface area contributed by atoms with Crippen LogP contribution in [0.25, 0.3) is 0 Å². The van der Waals surface area contributed by atoms with Gasteiger partial charge in [-0.2, -0.15) is 0 Å². The number of hydrogen-bond acceptors (Lipinski definition) is 5. The van der Waals surface area contributed by atoms with Gasteiger partial charge in [0.2, 0.25) is 0 Å². The maximum Gasteiger partial charge on any atom is 0.407 e. The Kier molecular flexibility index (Phi) is 6.47. The molecule has 7 heteroatoms. The second kappa shape index (κ2) is 7.67. The van der Waals surface area contributed by atoms with Gasteiger partial charge >= 0.3 is 6.09 Å². The van der Waals surface area contributed by atoms with Crippen molar-refractivity contribution in [2.75, 3.05) is 13.7 Å². The minimum atomic E-state index is -1.20. The third-order valence-electron chi connectivity index (χ3n) is 2.74. The summed E-state index contributed by atoms with van der Waals surface area (Å²) in [5.74, 6) is 0.471. The largest absolute Gasteiger partial charge is 0.495 e. The van der Waals surface area contributed by atoms with Gasteiger partial charge in [-0.25, -0.2) is 4.79 Å². The third kappa shape index (κ3) is 5.71. The molecule has 0 spiro atoms. The minimum Gasteiger partial charge on any atom is -0.495 e. The summed E-state index contributed by atoms with van der Waals surface area (Å²) in [5, 5.41) is 22.7. The zero-order valence-corrected chi connectivity index (χ0v) is 13.8. The highest BCUT2D eigenvalue weighted by atomic mass is 35.5. The lowest BCUT2D eigenvalue weighted by Crippen LogP contribution is -2.38. The fraction of sp³-hybridized carbons (Fsp3) is 0.533. The highest BCUT2D eigenvalue weighted by Gasteiger charge is 2.22. The van der Waals surface area contributed by atoms with E-state index in [1.165, 1.54) is 13.2 Å². The first kappa shape index (κ1) is 18.5. The molecule has 0 aliphatic heterocycles. The van der Waals surface area contributed by atoms with E-state index in [4.69, 9.17) is 21.1 Å². The second-order valence-electron chi connectivity index (χ2n) is 5.79. The zero-order valence-electron chi connectivity index (χ0n) is 13.1. The number of ether oxygens (including phenoxy) is 2. The van der Waals surface area contributed by atoms with E-state index in [1.807, 2.05) is 0 Å². The van der Waals surface area contributed by atoms with Crippen molar-refractivity contribution in [2.24, 2.45) is 0 Å². The Hall–Kier alpha value is -1.50. The molecule has 0 saturated carbocycles. The van der Waals surface area contributed by atoms with Crippen molar-refractivity contribution in [3.05, 3.63) is 28.8 Å². The molecule has 1 amide bonds. The van der Waals surface area contributed by atoms with E-state index in [1.54, 1.807) is 32.9 Å². The minimum absolute atomic E-state index is 0.153. The first-order valence-corrected chi connectivity index (χ1v) is 7.18. The molecule has 22 heavy (non-hydrogen) atoms. The van der Waals surface area contributed by atoms with Gasteiger partial charge in [-0.1, -0.05) is 17.7 Å². The lowest BCUT2D eigenvalue weighted by atomic mass is 10.0. The molecular weight excluding hydrogens is 310 g/mol. The second-order valence-corrected chi connectivity index (χ2v) is 6.20. The molecule has 1 rings (SSSR count). The summed E-state index contributed by atoms with van der Waals surface area (Å²) in [7, 11) is 1.48. The lowest BCUT2D eigenvalue weighted by Gasteiger charge is -2.22. The van der Waals surface area contributed by atoms with Crippen molar-refractivity contribution in [1.82, 2.24) is 5.32 Å². The molecule has 0 heterocycles. The van der Waals surface area contributed by atoms with E-state index < -0.39 is 23.9 Å². The molecule has 0 fully saturated rings. The van der Waals surface area contributed by atoms with E-state index in [2.05, 4.69) is 5.32 Å². The molecule has 1 aromatic rings. The van der Waals surface area contributed by atoms with Crippen LogP contribution < -0.4 is 10.1 Å². The van der Waals surface area contributed by atoms with Gasteiger partial charge in [0, 0.05) is 6.54 Å². The predicted molar refractivity (Wildman–Crippen MR) is 83.2 cm³/mol. The number of alkyl carbamates (subject to hydrolysis) is 1. The van der Waals surface area contributed by atoms with Crippen LogP contribution in [-0.4, -0.2) is 41.7 Å². The predicted octanol–water partition coefficient (Wildman–Crippen LogP) is 2.27. The summed E-state index contributed by atoms with van der Waals surface area (Å²) in [6.45, 7) is 5.05. The van der Waals surface area contributed by atoms with Crippen LogP contribution in [0.3, 0.4) is 0 Å². The van der Waals surface area contributed by atoms with Crippen LogP contribution in [0, 0.1) is 0 Å². The fourth-order valence-electron chi connectivity index (χ4n) is 1.70. The highest BCUT2D eigenvalue weighted by Crippen LogP contribution is 2.28. The number of nitrogens with one attached hydrogen (secondary N) is 1. The average molecular weight is 332 g/mol. The number of methoxy groups -OCH3 is 1. The molecule has 0 saturated heterocycles. The number of carbonyl (C=O) groups is 1. The number of carbonyl (C=O) groups excluding carboxylic acids is 1. The Morgan fingerprint density at radius 1 is 1.36 bits per heavy atom. The first-order chi connectivity index (χ1) is 10.1. The molecule has 0 radical (unpaired) electrons. The van der Waals surface area contributed by atoms with Crippen molar-refractivity contribution >= 4 is 17.7 Å². The van der Waals surface area contributed by atoms with Crippen molar-refractivity contribution in [2.45, 2.75) is 38.6 Å². The molecule has 2 atom stereocenters. The summed E-state index contributed by atoms with van der Waals surface area (Å²) in [6, 6.07) is 4.68. The first-order valence-electron chi connectivity index (χ1n) is 6.80. The van der Waals surface area contributed by atoms with Crippen LogP contribution in [0.15, 0.2) is 18.2 Å². The van der Waals surface area contributed by atoms with E-state index in [-0.39, 0.29) is 6.54 Å². The van der Waals surface area contributed by atoms with E-state index in [0.717, 1.165) is 0 Å². The number of halogens is 1. The van der Waals surface area contributed by atoms with Gasteiger partial charge in [0.15, 0.2) is 0 Å². The van der Waals surface area contributed by atoms with Crippen molar-refractivity contribution in [1.29, 1.82) is 0 Å². The molecule has 1 aromatic carbocycles. The van der Waals surface area contributed by atoms with Gasteiger partial charge in [0.05, 0.1) is 12.1 Å². The fourth-order valence-corrected chi connectivity index (χ4v) is 1.97. The van der Waals surface area contributed by atoms with Gasteiger partial charge in [0.25, 0.3) is 0 Å². The molecule has 0 aliphatic rings. The number of amides is 1. The van der Waals surface area contributed by atoms with Gasteiger partial charge in [-0.15, -0.1) is 0 Å². The average Bonchev–Trinajstić information content (AvgIpc) is 2.42. The molecule has 2 unspecified atom stereocenters. The topological polar surface area (TPSA) is 88.0 Å². The smallest absolute Gasteiger partial charge is 0.407 e. The van der Waals surface area contributed by atoms with Gasteiger partial charge < -0.3 is 25.0 Å². The number of rotatable bonds is 5. The van der Waals surface area contributed by atoms with Gasteiger partial charge in [-0.3, -0.25) is 0 Å². The van der Waals surface area contributed by atoms with Crippen molar-refractivity contribution in [3.8, 4) is 5.75 Å². The normalized spacial score (nSPS) is 14.1. The summed E-state index contributed by atoms with van der Waals surface area (Å²) < 4.78 is 10.1. The van der Waals surface area contributed by atoms with Gasteiger partial charge in [-0.05, 0) is 38.5 Å². The Morgan fingerprint density at radius 2 is 2.00 bits per heavy atom. The summed E-state index contributed by atoms with van der Waals surface area (Å²) in [5.41, 5.74) is -0.207. The third-order valence-corrected chi connectivity index (χ3v) is 3.03. The Morgan fingerprint density at radius 3 is 2.50 bits per heavy atom. The van der Waals surface area contributed by atoms with Crippen LogP contribution in [0.2, 0.25) is 5.02 Å². The van der Waals surface area contributed by atoms with Gasteiger partial charge in [0.1, 0.15) is 23.6 Å². The Bertz CT molecular complexity index is 515. The molecule has 0 aliphatic carbocycles. The maximum absolute atomic E-state index is 11.5. The molecule has 6 nitrogen and oxygen atoms in total.